The largest absolute Gasteiger partial charge is 0.317 e. The SMILES string of the molecule is CCn1c(=NC(=O)c2cc(C)nn2C(C)C)sc2ccccc21. The molecule has 0 unspecified atom stereocenters. The highest BCUT2D eigenvalue weighted by Crippen LogP contribution is 2.17. The van der Waals surface area contributed by atoms with Crippen molar-refractivity contribution in [3.05, 3.63) is 46.5 Å². The van der Waals surface area contributed by atoms with E-state index < -0.39 is 0 Å². The van der Waals surface area contributed by atoms with Crippen LogP contribution in [-0.4, -0.2) is 20.3 Å². The summed E-state index contributed by atoms with van der Waals surface area (Å²) in [4.78, 5) is 17.8. The van der Waals surface area contributed by atoms with Crippen LogP contribution in [0.25, 0.3) is 10.2 Å². The number of carbonyl (C=O) groups excluding carboxylic acids is 1. The quantitative estimate of drug-likeness (QED) is 0.738. The molecule has 5 nitrogen and oxygen atoms in total. The number of amides is 1. The van der Waals surface area contributed by atoms with E-state index in [0.717, 1.165) is 27.3 Å². The lowest BCUT2D eigenvalue weighted by atomic mass is 10.3. The number of carbonyl (C=O) groups is 1. The smallest absolute Gasteiger partial charge is 0.297 e. The molecule has 0 bridgehead atoms. The number of hydrogen-bond acceptors (Lipinski definition) is 3. The van der Waals surface area contributed by atoms with Gasteiger partial charge < -0.3 is 4.57 Å². The monoisotopic (exact) mass is 328 g/mol. The van der Waals surface area contributed by atoms with Crippen molar-refractivity contribution in [1.29, 1.82) is 0 Å². The minimum Gasteiger partial charge on any atom is -0.317 e. The molecule has 6 heteroatoms. The Bertz CT molecular complexity index is 930. The molecule has 23 heavy (non-hydrogen) atoms. The van der Waals surface area contributed by atoms with Gasteiger partial charge in [-0.1, -0.05) is 23.5 Å². The zero-order chi connectivity index (χ0) is 16.6. The van der Waals surface area contributed by atoms with Crippen molar-refractivity contribution in [3.8, 4) is 0 Å². The van der Waals surface area contributed by atoms with E-state index in [4.69, 9.17) is 0 Å². The van der Waals surface area contributed by atoms with E-state index >= 15 is 0 Å². The van der Waals surface area contributed by atoms with Crippen LogP contribution in [0.2, 0.25) is 0 Å². The summed E-state index contributed by atoms with van der Waals surface area (Å²) in [5.41, 5.74) is 2.48. The Balaban J connectivity index is 2.13. The van der Waals surface area contributed by atoms with Crippen LogP contribution in [0, 0.1) is 6.92 Å². The van der Waals surface area contributed by atoms with Crippen molar-refractivity contribution in [2.45, 2.75) is 40.3 Å². The van der Waals surface area contributed by atoms with Crippen LogP contribution in [0.1, 0.15) is 43.0 Å². The number of para-hydroxylation sites is 1. The lowest BCUT2D eigenvalue weighted by Crippen LogP contribution is -2.18. The number of aryl methyl sites for hydroxylation is 2. The second kappa shape index (κ2) is 6.12. The molecular weight excluding hydrogens is 308 g/mol. The Hall–Kier alpha value is -2.21. The van der Waals surface area contributed by atoms with E-state index in [-0.39, 0.29) is 11.9 Å². The molecule has 0 N–H and O–H groups in total. The first kappa shape index (κ1) is 15.7. The molecule has 2 aromatic heterocycles. The van der Waals surface area contributed by atoms with Gasteiger partial charge in [0.05, 0.1) is 15.9 Å². The van der Waals surface area contributed by atoms with Crippen molar-refractivity contribution in [2.75, 3.05) is 0 Å². The van der Waals surface area contributed by atoms with E-state index in [9.17, 15) is 4.79 Å². The van der Waals surface area contributed by atoms with Gasteiger partial charge in [-0.3, -0.25) is 9.48 Å². The molecule has 0 saturated carbocycles. The summed E-state index contributed by atoms with van der Waals surface area (Å²) in [6.45, 7) is 8.74. The van der Waals surface area contributed by atoms with E-state index in [1.807, 2.05) is 32.9 Å². The molecule has 1 amide bonds. The van der Waals surface area contributed by atoms with Gasteiger partial charge in [0.2, 0.25) is 0 Å². The minimum absolute atomic E-state index is 0.124. The van der Waals surface area contributed by atoms with Gasteiger partial charge in [0, 0.05) is 12.6 Å². The summed E-state index contributed by atoms with van der Waals surface area (Å²) in [5, 5.41) is 4.39. The summed E-state index contributed by atoms with van der Waals surface area (Å²) < 4.78 is 4.94. The lowest BCUT2D eigenvalue weighted by molar-refractivity contribution is 0.0986. The van der Waals surface area contributed by atoms with Crippen molar-refractivity contribution < 1.29 is 4.79 Å². The Kier molecular flexibility index (Phi) is 4.17. The number of nitrogens with zero attached hydrogens (tertiary/aromatic N) is 4. The molecule has 3 rings (SSSR count). The van der Waals surface area contributed by atoms with Crippen molar-refractivity contribution >= 4 is 27.5 Å². The fourth-order valence-corrected chi connectivity index (χ4v) is 3.72. The van der Waals surface area contributed by atoms with Crippen LogP contribution in [0.4, 0.5) is 0 Å². The van der Waals surface area contributed by atoms with Crippen molar-refractivity contribution in [1.82, 2.24) is 14.3 Å². The van der Waals surface area contributed by atoms with Crippen LogP contribution < -0.4 is 4.80 Å². The Labute approximate surface area is 138 Å². The molecule has 0 fully saturated rings. The maximum absolute atomic E-state index is 12.7. The normalized spacial score (nSPS) is 12.5. The maximum atomic E-state index is 12.7. The van der Waals surface area contributed by atoms with Crippen LogP contribution >= 0.6 is 11.3 Å². The zero-order valence-corrected chi connectivity index (χ0v) is 14.6. The fourth-order valence-electron chi connectivity index (χ4n) is 2.63. The van der Waals surface area contributed by atoms with E-state index in [0.29, 0.717) is 5.69 Å². The van der Waals surface area contributed by atoms with Crippen molar-refractivity contribution in [2.24, 2.45) is 4.99 Å². The minimum atomic E-state index is -0.243. The summed E-state index contributed by atoms with van der Waals surface area (Å²) >= 11 is 1.54. The first-order valence-electron chi connectivity index (χ1n) is 7.74. The molecular formula is C17H20N4OS. The third kappa shape index (κ3) is 2.86. The summed E-state index contributed by atoms with van der Waals surface area (Å²) in [7, 11) is 0. The predicted molar refractivity (Wildman–Crippen MR) is 92.7 cm³/mol. The first-order valence-corrected chi connectivity index (χ1v) is 8.56. The second-order valence-corrected chi connectivity index (χ2v) is 6.73. The molecule has 0 aliphatic rings. The Morgan fingerprint density at radius 3 is 2.78 bits per heavy atom. The van der Waals surface area contributed by atoms with Gasteiger partial charge >= 0.3 is 0 Å². The first-order chi connectivity index (χ1) is 11.0. The highest BCUT2D eigenvalue weighted by molar-refractivity contribution is 7.16. The highest BCUT2D eigenvalue weighted by Gasteiger charge is 2.16. The van der Waals surface area contributed by atoms with E-state index in [2.05, 4.69) is 33.7 Å². The predicted octanol–water partition coefficient (Wildman–Crippen LogP) is 3.55. The number of thiazole rings is 1. The van der Waals surface area contributed by atoms with E-state index in [1.165, 1.54) is 11.3 Å². The van der Waals surface area contributed by atoms with Gasteiger partial charge in [-0.15, -0.1) is 0 Å². The zero-order valence-electron chi connectivity index (χ0n) is 13.8. The van der Waals surface area contributed by atoms with Gasteiger partial charge in [0.25, 0.3) is 5.91 Å². The average Bonchev–Trinajstić information content (AvgIpc) is 3.07. The Morgan fingerprint density at radius 2 is 2.09 bits per heavy atom. The molecule has 120 valence electrons. The number of aromatic nitrogens is 3. The molecule has 3 aromatic rings. The highest BCUT2D eigenvalue weighted by atomic mass is 32.1. The van der Waals surface area contributed by atoms with E-state index in [1.54, 1.807) is 10.7 Å². The maximum Gasteiger partial charge on any atom is 0.297 e. The molecule has 0 atom stereocenters. The van der Waals surface area contributed by atoms with Gasteiger partial charge in [0.15, 0.2) is 4.80 Å². The van der Waals surface area contributed by atoms with Gasteiger partial charge in [-0.2, -0.15) is 10.1 Å². The lowest BCUT2D eigenvalue weighted by Gasteiger charge is -2.08. The van der Waals surface area contributed by atoms with Gasteiger partial charge in [0.1, 0.15) is 5.69 Å². The van der Waals surface area contributed by atoms with Crippen LogP contribution in [0.15, 0.2) is 35.3 Å². The third-order valence-corrected chi connectivity index (χ3v) is 4.73. The Morgan fingerprint density at radius 1 is 1.35 bits per heavy atom. The summed E-state index contributed by atoms with van der Waals surface area (Å²) in [6.07, 6.45) is 0. The third-order valence-electron chi connectivity index (χ3n) is 3.67. The summed E-state index contributed by atoms with van der Waals surface area (Å²) in [6, 6.07) is 10.0. The molecule has 1 aromatic carbocycles. The molecule has 0 saturated heterocycles. The van der Waals surface area contributed by atoms with Crippen molar-refractivity contribution in [3.63, 3.8) is 0 Å². The standard InChI is InChI=1S/C17H20N4OS/c1-5-20-13-8-6-7-9-15(13)23-17(20)18-16(22)14-10-12(4)19-21(14)11(2)3/h6-11H,5H2,1-4H3. The van der Waals surface area contributed by atoms with Gasteiger partial charge in [-0.05, 0) is 45.9 Å². The average molecular weight is 328 g/mol. The van der Waals surface area contributed by atoms with Crippen LogP contribution in [0.5, 0.6) is 0 Å². The fraction of sp³-hybridized carbons (Fsp3) is 0.353. The molecule has 0 aliphatic carbocycles. The second-order valence-electron chi connectivity index (χ2n) is 5.72. The molecule has 0 aliphatic heterocycles. The van der Waals surface area contributed by atoms with Crippen LogP contribution in [-0.2, 0) is 6.54 Å². The number of benzene rings is 1. The topological polar surface area (TPSA) is 52.2 Å². The number of hydrogen-bond donors (Lipinski definition) is 0. The molecule has 0 spiro atoms. The number of fused-ring (bicyclic) bond motifs is 1. The molecule has 0 radical (unpaired) electrons. The summed E-state index contributed by atoms with van der Waals surface area (Å²) in [5.74, 6) is -0.243. The number of rotatable bonds is 3. The van der Waals surface area contributed by atoms with Gasteiger partial charge in [-0.25, -0.2) is 0 Å². The molecule has 2 heterocycles. The van der Waals surface area contributed by atoms with Crippen LogP contribution in [0.3, 0.4) is 0 Å².